The molecule has 82 valence electrons. The Kier molecular flexibility index (Phi) is 3.31. The molecule has 1 N–H and O–H groups in total. The molecule has 2 aromatic rings. The number of anilines is 1. The Morgan fingerprint density at radius 2 is 2.06 bits per heavy atom. The topological polar surface area (TPSA) is 37.8 Å². The zero-order valence-electron chi connectivity index (χ0n) is 9.10. The standard InChI is InChI=1S/C12H13N3S/c1-3-8-13-12-15-14-11(16-12)10-6-4-9(2)5-7-10/h3-7H,1,8H2,2H3,(H,13,15). The summed E-state index contributed by atoms with van der Waals surface area (Å²) < 4.78 is 0. The van der Waals surface area contributed by atoms with E-state index in [4.69, 9.17) is 0 Å². The van der Waals surface area contributed by atoms with Crippen molar-refractivity contribution in [3.63, 3.8) is 0 Å². The van der Waals surface area contributed by atoms with E-state index >= 15 is 0 Å². The summed E-state index contributed by atoms with van der Waals surface area (Å²) in [6.07, 6.45) is 1.80. The van der Waals surface area contributed by atoms with Crippen LogP contribution in [0.1, 0.15) is 5.56 Å². The highest BCUT2D eigenvalue weighted by Gasteiger charge is 2.04. The molecule has 4 heteroatoms. The van der Waals surface area contributed by atoms with Crippen molar-refractivity contribution in [2.45, 2.75) is 6.92 Å². The molecular weight excluding hydrogens is 218 g/mol. The molecule has 0 atom stereocenters. The fourth-order valence-corrected chi connectivity index (χ4v) is 2.02. The number of hydrogen-bond acceptors (Lipinski definition) is 4. The minimum Gasteiger partial charge on any atom is -0.357 e. The lowest BCUT2D eigenvalue weighted by molar-refractivity contribution is 1.08. The Balaban J connectivity index is 2.17. The zero-order valence-corrected chi connectivity index (χ0v) is 9.92. The highest BCUT2D eigenvalue weighted by atomic mass is 32.1. The number of aryl methyl sites for hydroxylation is 1. The van der Waals surface area contributed by atoms with Crippen molar-refractivity contribution in [3.8, 4) is 10.6 Å². The Bertz CT molecular complexity index is 473. The van der Waals surface area contributed by atoms with Crippen LogP contribution in [0, 0.1) is 6.92 Å². The third-order valence-corrected chi connectivity index (χ3v) is 3.05. The second kappa shape index (κ2) is 4.90. The van der Waals surface area contributed by atoms with E-state index in [-0.39, 0.29) is 0 Å². The summed E-state index contributed by atoms with van der Waals surface area (Å²) in [6, 6.07) is 8.28. The molecule has 1 aromatic heterocycles. The highest BCUT2D eigenvalue weighted by Crippen LogP contribution is 2.26. The minimum atomic E-state index is 0.711. The Hall–Kier alpha value is -1.68. The van der Waals surface area contributed by atoms with Gasteiger partial charge in [-0.2, -0.15) is 0 Å². The van der Waals surface area contributed by atoms with Crippen LogP contribution in [-0.2, 0) is 0 Å². The number of rotatable bonds is 4. The molecule has 0 unspecified atom stereocenters. The molecule has 16 heavy (non-hydrogen) atoms. The number of nitrogens with zero attached hydrogens (tertiary/aromatic N) is 2. The Morgan fingerprint density at radius 3 is 2.75 bits per heavy atom. The molecule has 0 aliphatic carbocycles. The molecule has 3 nitrogen and oxygen atoms in total. The monoisotopic (exact) mass is 231 g/mol. The molecule has 0 aliphatic heterocycles. The van der Waals surface area contributed by atoms with E-state index in [1.807, 2.05) is 0 Å². The summed E-state index contributed by atoms with van der Waals surface area (Å²) in [5.41, 5.74) is 2.35. The number of nitrogens with one attached hydrogen (secondary N) is 1. The molecular formula is C12H13N3S. The maximum absolute atomic E-state index is 4.14. The Labute approximate surface area is 98.9 Å². The van der Waals surface area contributed by atoms with Gasteiger partial charge in [-0.1, -0.05) is 47.2 Å². The third-order valence-electron chi connectivity index (χ3n) is 2.12. The van der Waals surface area contributed by atoms with Crippen molar-refractivity contribution in [1.82, 2.24) is 10.2 Å². The van der Waals surface area contributed by atoms with Gasteiger partial charge in [-0.05, 0) is 6.92 Å². The largest absolute Gasteiger partial charge is 0.357 e. The SMILES string of the molecule is C=CCNc1nnc(-c2ccc(C)cc2)s1. The van der Waals surface area contributed by atoms with E-state index in [1.165, 1.54) is 5.56 Å². The molecule has 1 aromatic carbocycles. The van der Waals surface area contributed by atoms with Gasteiger partial charge in [-0.3, -0.25) is 0 Å². The summed E-state index contributed by atoms with van der Waals surface area (Å²) in [7, 11) is 0. The number of hydrogen-bond donors (Lipinski definition) is 1. The van der Waals surface area contributed by atoms with Gasteiger partial charge in [-0.25, -0.2) is 0 Å². The lowest BCUT2D eigenvalue weighted by Crippen LogP contribution is -1.96. The number of benzene rings is 1. The van der Waals surface area contributed by atoms with Gasteiger partial charge in [0.05, 0.1) is 0 Å². The summed E-state index contributed by atoms with van der Waals surface area (Å²) >= 11 is 1.55. The van der Waals surface area contributed by atoms with Crippen LogP contribution >= 0.6 is 11.3 Å². The molecule has 0 aliphatic rings. The normalized spacial score (nSPS) is 10.1. The van der Waals surface area contributed by atoms with E-state index in [1.54, 1.807) is 17.4 Å². The molecule has 0 fully saturated rings. The van der Waals surface area contributed by atoms with Gasteiger partial charge in [-0.15, -0.1) is 16.8 Å². The summed E-state index contributed by atoms with van der Waals surface area (Å²) in [5, 5.41) is 13.1. The van der Waals surface area contributed by atoms with Crippen molar-refractivity contribution < 1.29 is 0 Å². The van der Waals surface area contributed by atoms with Gasteiger partial charge in [0.1, 0.15) is 5.01 Å². The van der Waals surface area contributed by atoms with Crippen molar-refractivity contribution in [3.05, 3.63) is 42.5 Å². The fraction of sp³-hybridized carbons (Fsp3) is 0.167. The summed E-state index contributed by atoms with van der Waals surface area (Å²) in [6.45, 7) is 6.43. The van der Waals surface area contributed by atoms with Crippen LogP contribution < -0.4 is 5.32 Å². The quantitative estimate of drug-likeness (QED) is 0.822. The van der Waals surface area contributed by atoms with Crippen LogP contribution in [0.2, 0.25) is 0 Å². The van der Waals surface area contributed by atoms with Crippen LogP contribution in [-0.4, -0.2) is 16.7 Å². The number of aromatic nitrogens is 2. The smallest absolute Gasteiger partial charge is 0.206 e. The van der Waals surface area contributed by atoms with Gasteiger partial charge in [0, 0.05) is 12.1 Å². The van der Waals surface area contributed by atoms with Crippen LogP contribution in [0.25, 0.3) is 10.6 Å². The van der Waals surface area contributed by atoms with Crippen LogP contribution in [0.4, 0.5) is 5.13 Å². The van der Waals surface area contributed by atoms with E-state index in [2.05, 4.69) is 53.3 Å². The van der Waals surface area contributed by atoms with Crippen molar-refractivity contribution in [1.29, 1.82) is 0 Å². The molecule has 0 radical (unpaired) electrons. The third kappa shape index (κ3) is 2.46. The molecule has 0 amide bonds. The van der Waals surface area contributed by atoms with Crippen molar-refractivity contribution in [2.24, 2.45) is 0 Å². The molecule has 0 spiro atoms. The van der Waals surface area contributed by atoms with Gasteiger partial charge in [0.25, 0.3) is 0 Å². The maximum atomic E-state index is 4.14. The first-order chi connectivity index (χ1) is 7.79. The first-order valence-electron chi connectivity index (χ1n) is 5.05. The predicted molar refractivity (Wildman–Crippen MR) is 68.8 cm³/mol. The fourth-order valence-electron chi connectivity index (χ4n) is 1.27. The average molecular weight is 231 g/mol. The van der Waals surface area contributed by atoms with Crippen molar-refractivity contribution >= 4 is 16.5 Å². The maximum Gasteiger partial charge on any atom is 0.206 e. The lowest BCUT2D eigenvalue weighted by Gasteiger charge is -1.95. The highest BCUT2D eigenvalue weighted by molar-refractivity contribution is 7.18. The molecule has 0 saturated carbocycles. The van der Waals surface area contributed by atoms with E-state index in [0.717, 1.165) is 15.7 Å². The van der Waals surface area contributed by atoms with Gasteiger partial charge in [0.2, 0.25) is 5.13 Å². The lowest BCUT2D eigenvalue weighted by atomic mass is 10.2. The second-order valence-corrected chi connectivity index (χ2v) is 4.43. The Morgan fingerprint density at radius 1 is 1.31 bits per heavy atom. The summed E-state index contributed by atoms with van der Waals surface area (Å²) in [5.74, 6) is 0. The minimum absolute atomic E-state index is 0.711. The zero-order chi connectivity index (χ0) is 11.4. The van der Waals surface area contributed by atoms with Gasteiger partial charge >= 0.3 is 0 Å². The van der Waals surface area contributed by atoms with Gasteiger partial charge in [0.15, 0.2) is 0 Å². The van der Waals surface area contributed by atoms with Gasteiger partial charge < -0.3 is 5.32 Å². The first kappa shape index (κ1) is 10.8. The molecule has 2 rings (SSSR count). The average Bonchev–Trinajstić information content (AvgIpc) is 2.76. The van der Waals surface area contributed by atoms with Crippen molar-refractivity contribution in [2.75, 3.05) is 11.9 Å². The van der Waals surface area contributed by atoms with Crippen LogP contribution in [0.5, 0.6) is 0 Å². The molecule has 1 heterocycles. The molecule has 0 saturated heterocycles. The predicted octanol–water partition coefficient (Wildman–Crippen LogP) is 3.11. The van der Waals surface area contributed by atoms with Crippen LogP contribution in [0.15, 0.2) is 36.9 Å². The second-order valence-electron chi connectivity index (χ2n) is 3.45. The summed E-state index contributed by atoms with van der Waals surface area (Å²) in [4.78, 5) is 0. The van der Waals surface area contributed by atoms with Crippen LogP contribution in [0.3, 0.4) is 0 Å². The van der Waals surface area contributed by atoms with E-state index < -0.39 is 0 Å². The molecule has 0 bridgehead atoms. The van der Waals surface area contributed by atoms with E-state index in [0.29, 0.717) is 6.54 Å². The first-order valence-corrected chi connectivity index (χ1v) is 5.86. The van der Waals surface area contributed by atoms with E-state index in [9.17, 15) is 0 Å².